The predicted octanol–water partition coefficient (Wildman–Crippen LogP) is 1.74. The highest BCUT2D eigenvalue weighted by Crippen LogP contribution is 2.16. The maximum atomic E-state index is 11.8. The molecule has 4 nitrogen and oxygen atoms in total. The van der Waals surface area contributed by atoms with E-state index in [0.29, 0.717) is 12.8 Å². The fraction of sp³-hybridized carbons (Fsp3) is 0.111. The van der Waals surface area contributed by atoms with Crippen LogP contribution in [0.25, 0.3) is 0 Å². The zero-order valence-electron chi connectivity index (χ0n) is 12.2. The Labute approximate surface area is 129 Å². The molecule has 0 spiro atoms. The van der Waals surface area contributed by atoms with Gasteiger partial charge in [0.1, 0.15) is 0 Å². The van der Waals surface area contributed by atoms with Gasteiger partial charge in [-0.15, -0.1) is 0 Å². The van der Waals surface area contributed by atoms with Crippen LogP contribution < -0.4 is 11.5 Å². The van der Waals surface area contributed by atoms with Crippen LogP contribution in [0.5, 0.6) is 0 Å². The van der Waals surface area contributed by atoms with Gasteiger partial charge in [0, 0.05) is 24.0 Å². The maximum absolute atomic E-state index is 11.8. The molecule has 2 aromatic rings. The van der Waals surface area contributed by atoms with E-state index in [2.05, 4.69) is 0 Å². The Bertz CT molecular complexity index is 630. The molecule has 2 aromatic carbocycles. The van der Waals surface area contributed by atoms with Crippen molar-refractivity contribution in [3.8, 4) is 0 Å². The molecule has 0 aliphatic rings. The van der Waals surface area contributed by atoms with Crippen molar-refractivity contribution in [2.24, 2.45) is 11.5 Å². The summed E-state index contributed by atoms with van der Waals surface area (Å²) in [6.45, 7) is 0. The van der Waals surface area contributed by atoms with Crippen LogP contribution in [0.15, 0.2) is 71.8 Å². The summed E-state index contributed by atoms with van der Waals surface area (Å²) < 4.78 is 0. The first-order valence-corrected chi connectivity index (χ1v) is 6.97. The van der Waals surface area contributed by atoms with E-state index < -0.39 is 11.8 Å². The fourth-order valence-electron chi connectivity index (χ4n) is 2.29. The molecule has 22 heavy (non-hydrogen) atoms. The van der Waals surface area contributed by atoms with Crippen molar-refractivity contribution in [2.45, 2.75) is 12.8 Å². The lowest BCUT2D eigenvalue weighted by Gasteiger charge is -2.11. The van der Waals surface area contributed by atoms with Crippen LogP contribution in [0.4, 0.5) is 0 Å². The molecule has 0 heterocycles. The first-order chi connectivity index (χ1) is 10.6. The third-order valence-electron chi connectivity index (χ3n) is 3.41. The van der Waals surface area contributed by atoms with Crippen LogP contribution in [0.1, 0.15) is 11.1 Å². The molecule has 0 aliphatic carbocycles. The van der Waals surface area contributed by atoms with E-state index in [1.165, 1.54) is 0 Å². The monoisotopic (exact) mass is 294 g/mol. The minimum absolute atomic E-state index is 0.266. The molecule has 0 atom stereocenters. The topological polar surface area (TPSA) is 86.2 Å². The highest BCUT2D eigenvalue weighted by Gasteiger charge is 2.18. The summed E-state index contributed by atoms with van der Waals surface area (Å²) in [5, 5.41) is 0. The van der Waals surface area contributed by atoms with E-state index in [9.17, 15) is 9.59 Å². The second-order valence-corrected chi connectivity index (χ2v) is 5.01. The van der Waals surface area contributed by atoms with Gasteiger partial charge in [-0.1, -0.05) is 60.7 Å². The first kappa shape index (κ1) is 15.5. The van der Waals surface area contributed by atoms with E-state index in [0.717, 1.165) is 11.1 Å². The number of primary amides is 2. The number of benzene rings is 2. The van der Waals surface area contributed by atoms with Crippen LogP contribution in [0, 0.1) is 0 Å². The molecule has 0 aliphatic heterocycles. The predicted molar refractivity (Wildman–Crippen MR) is 85.7 cm³/mol. The molecule has 0 unspecified atom stereocenters. The van der Waals surface area contributed by atoms with Crippen LogP contribution in [0.3, 0.4) is 0 Å². The van der Waals surface area contributed by atoms with Gasteiger partial charge in [0.05, 0.1) is 0 Å². The Morgan fingerprint density at radius 2 is 0.955 bits per heavy atom. The standard InChI is InChI=1S/C18H18N2O2/c19-17(21)15(11-13-7-3-1-4-8-13)16(18(20)22)12-14-9-5-2-6-10-14/h1-10H,11-12H2,(H2,19,21)(H2,20,22)/b16-15-. The van der Waals surface area contributed by atoms with Crippen molar-refractivity contribution in [3.05, 3.63) is 82.9 Å². The largest absolute Gasteiger partial charge is 0.366 e. The van der Waals surface area contributed by atoms with Gasteiger partial charge in [0.2, 0.25) is 11.8 Å². The van der Waals surface area contributed by atoms with Crippen molar-refractivity contribution in [2.75, 3.05) is 0 Å². The molecule has 0 bridgehead atoms. The number of hydrogen-bond donors (Lipinski definition) is 2. The van der Waals surface area contributed by atoms with Crippen LogP contribution in [-0.2, 0) is 22.4 Å². The highest BCUT2D eigenvalue weighted by atomic mass is 16.2. The summed E-state index contributed by atoms with van der Waals surface area (Å²) in [5.41, 5.74) is 13.3. The van der Waals surface area contributed by atoms with Gasteiger partial charge >= 0.3 is 0 Å². The molecule has 0 fully saturated rings. The van der Waals surface area contributed by atoms with Gasteiger partial charge in [-0.3, -0.25) is 9.59 Å². The van der Waals surface area contributed by atoms with Gasteiger partial charge in [-0.05, 0) is 11.1 Å². The zero-order chi connectivity index (χ0) is 15.9. The quantitative estimate of drug-likeness (QED) is 0.795. The summed E-state index contributed by atoms with van der Waals surface area (Å²) in [6, 6.07) is 18.8. The van der Waals surface area contributed by atoms with Crippen molar-refractivity contribution in [1.82, 2.24) is 0 Å². The Morgan fingerprint density at radius 3 is 1.23 bits per heavy atom. The molecule has 4 heteroatoms. The molecular formula is C18H18N2O2. The smallest absolute Gasteiger partial charge is 0.245 e. The summed E-state index contributed by atoms with van der Waals surface area (Å²) >= 11 is 0. The molecule has 0 saturated heterocycles. The van der Waals surface area contributed by atoms with Gasteiger partial charge in [0.15, 0.2) is 0 Å². The minimum atomic E-state index is -0.617. The Morgan fingerprint density at radius 1 is 0.636 bits per heavy atom. The number of rotatable bonds is 6. The summed E-state index contributed by atoms with van der Waals surface area (Å²) in [5.74, 6) is -1.23. The molecule has 2 rings (SSSR count). The summed E-state index contributed by atoms with van der Waals surface area (Å²) in [6.07, 6.45) is 0.586. The van der Waals surface area contributed by atoms with E-state index in [4.69, 9.17) is 11.5 Å². The molecular weight excluding hydrogens is 276 g/mol. The average Bonchev–Trinajstić information content (AvgIpc) is 2.52. The molecule has 4 N–H and O–H groups in total. The SMILES string of the molecule is NC(=O)/C(Cc1ccccc1)=C(/Cc1ccccc1)C(N)=O. The number of carbonyl (C=O) groups excluding carboxylic acids is 2. The third-order valence-corrected chi connectivity index (χ3v) is 3.41. The molecule has 112 valence electrons. The molecule has 0 saturated carbocycles. The van der Waals surface area contributed by atoms with Gasteiger partial charge < -0.3 is 11.5 Å². The Hall–Kier alpha value is -2.88. The average molecular weight is 294 g/mol. The van der Waals surface area contributed by atoms with Gasteiger partial charge in [-0.25, -0.2) is 0 Å². The zero-order valence-corrected chi connectivity index (χ0v) is 12.2. The number of amides is 2. The fourth-order valence-corrected chi connectivity index (χ4v) is 2.29. The number of carbonyl (C=O) groups is 2. The normalized spacial score (nSPS) is 11.6. The van der Waals surface area contributed by atoms with E-state index in [1.807, 2.05) is 60.7 Å². The Kier molecular flexibility index (Phi) is 5.09. The van der Waals surface area contributed by atoms with Crippen molar-refractivity contribution in [3.63, 3.8) is 0 Å². The molecule has 0 radical (unpaired) electrons. The lowest BCUT2D eigenvalue weighted by Crippen LogP contribution is -2.25. The molecule has 0 aromatic heterocycles. The third kappa shape index (κ3) is 4.06. The van der Waals surface area contributed by atoms with E-state index in [-0.39, 0.29) is 11.1 Å². The van der Waals surface area contributed by atoms with Crippen molar-refractivity contribution in [1.29, 1.82) is 0 Å². The van der Waals surface area contributed by atoms with Gasteiger partial charge in [0.25, 0.3) is 0 Å². The second-order valence-electron chi connectivity index (χ2n) is 5.01. The first-order valence-electron chi connectivity index (χ1n) is 6.97. The lowest BCUT2D eigenvalue weighted by molar-refractivity contribution is -0.117. The van der Waals surface area contributed by atoms with Crippen LogP contribution in [-0.4, -0.2) is 11.8 Å². The van der Waals surface area contributed by atoms with Gasteiger partial charge in [-0.2, -0.15) is 0 Å². The minimum Gasteiger partial charge on any atom is -0.366 e. The Balaban J connectivity index is 2.39. The lowest BCUT2D eigenvalue weighted by atomic mass is 9.94. The van der Waals surface area contributed by atoms with Crippen LogP contribution >= 0.6 is 0 Å². The highest BCUT2D eigenvalue weighted by molar-refractivity contribution is 6.04. The number of nitrogens with two attached hydrogens (primary N) is 2. The van der Waals surface area contributed by atoms with Crippen LogP contribution in [0.2, 0.25) is 0 Å². The molecule has 2 amide bonds. The maximum Gasteiger partial charge on any atom is 0.245 e. The van der Waals surface area contributed by atoms with Crippen molar-refractivity contribution < 1.29 is 9.59 Å². The summed E-state index contributed by atoms with van der Waals surface area (Å²) in [7, 11) is 0. The van der Waals surface area contributed by atoms with E-state index >= 15 is 0 Å². The summed E-state index contributed by atoms with van der Waals surface area (Å²) in [4.78, 5) is 23.6. The van der Waals surface area contributed by atoms with E-state index in [1.54, 1.807) is 0 Å². The number of hydrogen-bond acceptors (Lipinski definition) is 2. The second kappa shape index (κ2) is 7.22. The van der Waals surface area contributed by atoms with Crippen molar-refractivity contribution >= 4 is 11.8 Å².